The van der Waals surface area contributed by atoms with Crippen molar-refractivity contribution < 1.29 is 9.21 Å². The SMILES string of the molecule is Cc1ccc(C)c(CNC(=O)c2cc(-c3ccco3)ncn2)n1. The summed E-state index contributed by atoms with van der Waals surface area (Å²) >= 11 is 0. The van der Waals surface area contributed by atoms with Gasteiger partial charge in [-0.1, -0.05) is 6.07 Å². The summed E-state index contributed by atoms with van der Waals surface area (Å²) in [5.74, 6) is 0.320. The zero-order chi connectivity index (χ0) is 16.2. The number of carbonyl (C=O) groups excluding carboxylic acids is 1. The summed E-state index contributed by atoms with van der Waals surface area (Å²) in [7, 11) is 0. The Balaban J connectivity index is 1.74. The van der Waals surface area contributed by atoms with E-state index in [1.165, 1.54) is 6.33 Å². The Bertz CT molecular complexity index is 828. The first-order chi connectivity index (χ1) is 11.1. The molecule has 6 heteroatoms. The van der Waals surface area contributed by atoms with Crippen molar-refractivity contribution >= 4 is 5.91 Å². The summed E-state index contributed by atoms with van der Waals surface area (Å²) in [6, 6.07) is 9.09. The third kappa shape index (κ3) is 3.42. The highest BCUT2D eigenvalue weighted by atomic mass is 16.3. The zero-order valence-electron chi connectivity index (χ0n) is 12.9. The van der Waals surface area contributed by atoms with Gasteiger partial charge in [-0.25, -0.2) is 9.97 Å². The van der Waals surface area contributed by atoms with Crippen molar-refractivity contribution in [3.05, 3.63) is 65.6 Å². The van der Waals surface area contributed by atoms with Gasteiger partial charge in [0.25, 0.3) is 5.91 Å². The molecule has 0 aliphatic heterocycles. The minimum absolute atomic E-state index is 0.275. The molecule has 0 bridgehead atoms. The number of amides is 1. The molecule has 3 rings (SSSR count). The molecule has 3 aromatic heterocycles. The molecule has 116 valence electrons. The van der Waals surface area contributed by atoms with E-state index < -0.39 is 0 Å². The molecule has 0 aromatic carbocycles. The molecule has 0 atom stereocenters. The second-order valence-electron chi connectivity index (χ2n) is 5.16. The molecule has 0 spiro atoms. The van der Waals surface area contributed by atoms with Crippen LogP contribution in [-0.4, -0.2) is 20.9 Å². The Kier molecular flexibility index (Phi) is 4.14. The number of pyridine rings is 1. The highest BCUT2D eigenvalue weighted by molar-refractivity contribution is 5.92. The molecule has 1 N–H and O–H groups in total. The molecule has 6 nitrogen and oxygen atoms in total. The molecule has 0 aliphatic carbocycles. The van der Waals surface area contributed by atoms with Crippen LogP contribution in [0.2, 0.25) is 0 Å². The third-order valence-corrected chi connectivity index (χ3v) is 3.43. The average Bonchev–Trinajstić information content (AvgIpc) is 3.10. The van der Waals surface area contributed by atoms with E-state index >= 15 is 0 Å². The number of rotatable bonds is 4. The van der Waals surface area contributed by atoms with E-state index in [2.05, 4.69) is 20.3 Å². The highest BCUT2D eigenvalue weighted by Crippen LogP contribution is 2.17. The zero-order valence-corrected chi connectivity index (χ0v) is 12.9. The molecule has 0 unspecified atom stereocenters. The van der Waals surface area contributed by atoms with E-state index in [-0.39, 0.29) is 11.6 Å². The maximum atomic E-state index is 12.3. The van der Waals surface area contributed by atoms with Crippen LogP contribution in [0.15, 0.2) is 47.3 Å². The maximum Gasteiger partial charge on any atom is 0.270 e. The fourth-order valence-corrected chi connectivity index (χ4v) is 2.15. The molecule has 0 saturated heterocycles. The van der Waals surface area contributed by atoms with Crippen LogP contribution in [-0.2, 0) is 6.54 Å². The molecule has 23 heavy (non-hydrogen) atoms. The Morgan fingerprint density at radius 1 is 1.22 bits per heavy atom. The van der Waals surface area contributed by atoms with Crippen molar-refractivity contribution in [3.8, 4) is 11.5 Å². The van der Waals surface area contributed by atoms with Crippen molar-refractivity contribution in [2.45, 2.75) is 20.4 Å². The summed E-state index contributed by atoms with van der Waals surface area (Å²) in [5, 5.41) is 2.83. The van der Waals surface area contributed by atoms with Crippen LogP contribution in [0.25, 0.3) is 11.5 Å². The first-order valence-electron chi connectivity index (χ1n) is 7.21. The molecular formula is C17H16N4O2. The lowest BCUT2D eigenvalue weighted by Crippen LogP contribution is -2.25. The van der Waals surface area contributed by atoms with Crippen LogP contribution in [0.5, 0.6) is 0 Å². The summed E-state index contributed by atoms with van der Waals surface area (Å²) < 4.78 is 5.28. The molecule has 0 fully saturated rings. The lowest BCUT2D eigenvalue weighted by molar-refractivity contribution is 0.0945. The van der Waals surface area contributed by atoms with Gasteiger partial charge in [-0.05, 0) is 43.7 Å². The Morgan fingerprint density at radius 3 is 2.87 bits per heavy atom. The second kappa shape index (κ2) is 6.39. The number of aryl methyl sites for hydroxylation is 2. The van der Waals surface area contributed by atoms with Crippen molar-refractivity contribution in [1.82, 2.24) is 20.3 Å². The average molecular weight is 308 g/mol. The predicted molar refractivity (Wildman–Crippen MR) is 84.6 cm³/mol. The number of hydrogen-bond donors (Lipinski definition) is 1. The van der Waals surface area contributed by atoms with Gasteiger partial charge in [0, 0.05) is 5.69 Å². The van der Waals surface area contributed by atoms with E-state index in [0.29, 0.717) is 18.0 Å². The van der Waals surface area contributed by atoms with Crippen LogP contribution in [0.1, 0.15) is 27.4 Å². The lowest BCUT2D eigenvalue weighted by Gasteiger charge is -2.08. The van der Waals surface area contributed by atoms with Crippen molar-refractivity contribution in [1.29, 1.82) is 0 Å². The minimum Gasteiger partial charge on any atom is -0.463 e. The van der Waals surface area contributed by atoms with E-state index in [4.69, 9.17) is 4.42 Å². The first-order valence-corrected chi connectivity index (χ1v) is 7.21. The molecule has 3 aromatic rings. The second-order valence-corrected chi connectivity index (χ2v) is 5.16. The van der Waals surface area contributed by atoms with Gasteiger partial charge in [0.2, 0.25) is 0 Å². The number of nitrogens with zero attached hydrogens (tertiary/aromatic N) is 3. The summed E-state index contributed by atoms with van der Waals surface area (Å²) in [6.45, 7) is 4.24. The minimum atomic E-state index is -0.275. The van der Waals surface area contributed by atoms with Gasteiger partial charge in [0.15, 0.2) is 5.76 Å². The van der Waals surface area contributed by atoms with Gasteiger partial charge in [0.1, 0.15) is 17.7 Å². The number of nitrogens with one attached hydrogen (secondary N) is 1. The molecular weight excluding hydrogens is 292 g/mol. The Labute approximate surface area is 133 Å². The van der Waals surface area contributed by atoms with Gasteiger partial charge in [-0.2, -0.15) is 0 Å². The van der Waals surface area contributed by atoms with Crippen molar-refractivity contribution in [3.63, 3.8) is 0 Å². The number of furan rings is 1. The largest absolute Gasteiger partial charge is 0.463 e. The monoisotopic (exact) mass is 308 g/mol. The van der Waals surface area contributed by atoms with E-state index in [0.717, 1.165) is 17.0 Å². The quantitative estimate of drug-likeness (QED) is 0.801. The first kappa shape index (κ1) is 14.9. The van der Waals surface area contributed by atoms with E-state index in [1.54, 1.807) is 24.5 Å². The summed E-state index contributed by atoms with van der Waals surface area (Å²) in [6.07, 6.45) is 2.91. The van der Waals surface area contributed by atoms with E-state index in [9.17, 15) is 4.79 Å². The van der Waals surface area contributed by atoms with Crippen LogP contribution >= 0.6 is 0 Å². The molecule has 3 heterocycles. The number of carbonyl (C=O) groups is 1. The summed E-state index contributed by atoms with van der Waals surface area (Å²) in [5.41, 5.74) is 3.66. The van der Waals surface area contributed by atoms with Crippen LogP contribution in [0.4, 0.5) is 0 Å². The summed E-state index contributed by atoms with van der Waals surface area (Å²) in [4.78, 5) is 24.8. The highest BCUT2D eigenvalue weighted by Gasteiger charge is 2.11. The van der Waals surface area contributed by atoms with Crippen LogP contribution < -0.4 is 5.32 Å². The third-order valence-electron chi connectivity index (χ3n) is 3.43. The van der Waals surface area contributed by atoms with Gasteiger partial charge >= 0.3 is 0 Å². The fourth-order valence-electron chi connectivity index (χ4n) is 2.15. The van der Waals surface area contributed by atoms with Gasteiger partial charge < -0.3 is 9.73 Å². The van der Waals surface area contributed by atoms with Gasteiger partial charge in [-0.3, -0.25) is 9.78 Å². The topological polar surface area (TPSA) is 80.9 Å². The van der Waals surface area contributed by atoms with E-state index in [1.807, 2.05) is 26.0 Å². The fraction of sp³-hybridized carbons (Fsp3) is 0.176. The van der Waals surface area contributed by atoms with Gasteiger partial charge in [-0.15, -0.1) is 0 Å². The lowest BCUT2D eigenvalue weighted by atomic mass is 10.2. The van der Waals surface area contributed by atoms with Crippen LogP contribution in [0, 0.1) is 13.8 Å². The maximum absolute atomic E-state index is 12.3. The Hall–Kier alpha value is -3.02. The molecule has 0 saturated carbocycles. The molecule has 0 aliphatic rings. The normalized spacial score (nSPS) is 10.5. The van der Waals surface area contributed by atoms with Gasteiger partial charge in [0.05, 0.1) is 18.5 Å². The van der Waals surface area contributed by atoms with Crippen molar-refractivity contribution in [2.75, 3.05) is 0 Å². The molecule has 0 radical (unpaired) electrons. The van der Waals surface area contributed by atoms with Crippen molar-refractivity contribution in [2.24, 2.45) is 0 Å². The predicted octanol–water partition coefficient (Wildman–Crippen LogP) is 2.68. The smallest absolute Gasteiger partial charge is 0.270 e. The standard InChI is InChI=1S/C17H16N4O2/c1-11-5-6-12(2)21-15(11)9-18-17(22)14-8-13(19-10-20-14)16-4-3-7-23-16/h3-8,10H,9H2,1-2H3,(H,18,22). The van der Waals surface area contributed by atoms with Crippen LogP contribution in [0.3, 0.4) is 0 Å². The Morgan fingerprint density at radius 2 is 2.09 bits per heavy atom. The number of hydrogen-bond acceptors (Lipinski definition) is 5. The molecule has 1 amide bonds. The number of aromatic nitrogens is 3.